The van der Waals surface area contributed by atoms with Crippen LogP contribution in [0.4, 0.5) is 0 Å². The first-order valence-corrected chi connectivity index (χ1v) is 6.00. The van der Waals surface area contributed by atoms with E-state index in [0.29, 0.717) is 38.6 Å². The Labute approximate surface area is 108 Å². The standard InChI is InChI=1S/C14H19NO3/c1-16-9-10-17-7-2-8-18-12-14-5-3-13(11-15)4-6-14/h3-6H,2,7-10,12H2,1H3. The smallest absolute Gasteiger partial charge is 0.0991 e. The van der Waals surface area contributed by atoms with E-state index in [9.17, 15) is 0 Å². The average Bonchev–Trinajstić information content (AvgIpc) is 2.42. The molecule has 0 atom stereocenters. The Kier molecular flexibility index (Phi) is 7.82. The molecule has 0 spiro atoms. The Bertz CT molecular complexity index is 356. The summed E-state index contributed by atoms with van der Waals surface area (Å²) >= 11 is 0. The molecular formula is C14H19NO3. The Morgan fingerprint density at radius 2 is 1.72 bits per heavy atom. The molecule has 0 aliphatic rings. The number of rotatable bonds is 9. The monoisotopic (exact) mass is 249 g/mol. The summed E-state index contributed by atoms with van der Waals surface area (Å²) in [6, 6.07) is 9.50. The van der Waals surface area contributed by atoms with Crippen LogP contribution in [-0.2, 0) is 20.8 Å². The quantitative estimate of drug-likeness (QED) is 0.629. The van der Waals surface area contributed by atoms with Gasteiger partial charge in [-0.3, -0.25) is 0 Å². The van der Waals surface area contributed by atoms with Crippen molar-refractivity contribution in [3.05, 3.63) is 35.4 Å². The number of methoxy groups -OCH3 is 1. The fourth-order valence-corrected chi connectivity index (χ4v) is 1.37. The number of ether oxygens (including phenoxy) is 3. The largest absolute Gasteiger partial charge is 0.382 e. The first-order chi connectivity index (χ1) is 8.86. The molecule has 0 amide bonds. The topological polar surface area (TPSA) is 51.5 Å². The van der Waals surface area contributed by atoms with Crippen LogP contribution >= 0.6 is 0 Å². The molecule has 0 N–H and O–H groups in total. The molecule has 0 saturated carbocycles. The zero-order valence-electron chi connectivity index (χ0n) is 10.7. The predicted octanol–water partition coefficient (Wildman–Crippen LogP) is 2.13. The van der Waals surface area contributed by atoms with Gasteiger partial charge in [0.1, 0.15) is 0 Å². The molecular weight excluding hydrogens is 230 g/mol. The van der Waals surface area contributed by atoms with Crippen molar-refractivity contribution in [2.45, 2.75) is 13.0 Å². The van der Waals surface area contributed by atoms with Crippen molar-refractivity contribution in [1.29, 1.82) is 5.26 Å². The molecule has 4 nitrogen and oxygen atoms in total. The predicted molar refractivity (Wildman–Crippen MR) is 68.1 cm³/mol. The lowest BCUT2D eigenvalue weighted by Gasteiger charge is -2.05. The van der Waals surface area contributed by atoms with E-state index in [2.05, 4.69) is 6.07 Å². The SMILES string of the molecule is COCCOCCCOCc1ccc(C#N)cc1. The fourth-order valence-electron chi connectivity index (χ4n) is 1.37. The molecule has 0 aliphatic heterocycles. The number of benzene rings is 1. The average molecular weight is 249 g/mol. The van der Waals surface area contributed by atoms with Gasteiger partial charge in [0.2, 0.25) is 0 Å². The molecule has 0 fully saturated rings. The minimum Gasteiger partial charge on any atom is -0.382 e. The molecule has 1 rings (SSSR count). The Hall–Kier alpha value is -1.41. The van der Waals surface area contributed by atoms with Crippen LogP contribution in [0.1, 0.15) is 17.5 Å². The highest BCUT2D eigenvalue weighted by atomic mass is 16.5. The summed E-state index contributed by atoms with van der Waals surface area (Å²) in [6.07, 6.45) is 0.875. The van der Waals surface area contributed by atoms with Crippen molar-refractivity contribution in [3.63, 3.8) is 0 Å². The summed E-state index contributed by atoms with van der Waals surface area (Å²) in [5.41, 5.74) is 1.75. The minimum absolute atomic E-state index is 0.573. The van der Waals surface area contributed by atoms with Gasteiger partial charge >= 0.3 is 0 Å². The molecule has 0 saturated heterocycles. The van der Waals surface area contributed by atoms with Gasteiger partial charge in [0, 0.05) is 20.3 Å². The zero-order valence-corrected chi connectivity index (χ0v) is 10.7. The lowest BCUT2D eigenvalue weighted by atomic mass is 10.2. The molecule has 98 valence electrons. The zero-order chi connectivity index (χ0) is 13.1. The molecule has 0 heterocycles. The third-order valence-corrected chi connectivity index (χ3v) is 2.36. The highest BCUT2D eigenvalue weighted by Crippen LogP contribution is 2.04. The second kappa shape index (κ2) is 9.60. The van der Waals surface area contributed by atoms with Crippen molar-refractivity contribution >= 4 is 0 Å². The molecule has 0 unspecified atom stereocenters. The van der Waals surface area contributed by atoms with Gasteiger partial charge in [0.25, 0.3) is 0 Å². The van der Waals surface area contributed by atoms with Gasteiger partial charge in [0.05, 0.1) is 31.5 Å². The summed E-state index contributed by atoms with van der Waals surface area (Å²) in [4.78, 5) is 0. The molecule has 1 aromatic rings. The van der Waals surface area contributed by atoms with Crippen molar-refractivity contribution in [3.8, 4) is 6.07 Å². The first kappa shape index (κ1) is 14.7. The van der Waals surface area contributed by atoms with Crippen LogP contribution in [0, 0.1) is 11.3 Å². The van der Waals surface area contributed by atoms with Crippen LogP contribution in [0.15, 0.2) is 24.3 Å². The second-order valence-electron chi connectivity index (χ2n) is 3.82. The lowest BCUT2D eigenvalue weighted by molar-refractivity contribution is 0.0483. The summed E-state index contributed by atoms with van der Waals surface area (Å²) in [5, 5.41) is 8.66. The Morgan fingerprint density at radius 1 is 1.00 bits per heavy atom. The van der Waals surface area contributed by atoms with E-state index in [1.807, 2.05) is 12.1 Å². The van der Waals surface area contributed by atoms with Crippen LogP contribution < -0.4 is 0 Å². The van der Waals surface area contributed by atoms with Gasteiger partial charge in [-0.1, -0.05) is 12.1 Å². The summed E-state index contributed by atoms with van der Waals surface area (Å²) in [7, 11) is 1.66. The maximum absolute atomic E-state index is 8.66. The van der Waals surface area contributed by atoms with Crippen molar-refractivity contribution in [2.75, 3.05) is 33.5 Å². The Balaban J connectivity index is 2.02. The number of nitrogens with zero attached hydrogens (tertiary/aromatic N) is 1. The molecule has 4 heteroatoms. The third-order valence-electron chi connectivity index (χ3n) is 2.36. The minimum atomic E-state index is 0.573. The van der Waals surface area contributed by atoms with Crippen molar-refractivity contribution in [1.82, 2.24) is 0 Å². The lowest BCUT2D eigenvalue weighted by Crippen LogP contribution is -2.05. The molecule has 1 aromatic carbocycles. The van der Waals surface area contributed by atoms with E-state index in [0.717, 1.165) is 12.0 Å². The van der Waals surface area contributed by atoms with Crippen LogP contribution in [0.5, 0.6) is 0 Å². The van der Waals surface area contributed by atoms with E-state index in [4.69, 9.17) is 19.5 Å². The third kappa shape index (κ3) is 6.36. The summed E-state index contributed by atoms with van der Waals surface area (Å²) < 4.78 is 15.7. The van der Waals surface area contributed by atoms with Crippen LogP contribution in [0.3, 0.4) is 0 Å². The van der Waals surface area contributed by atoms with Crippen LogP contribution in [-0.4, -0.2) is 33.5 Å². The van der Waals surface area contributed by atoms with E-state index in [-0.39, 0.29) is 0 Å². The van der Waals surface area contributed by atoms with Gasteiger partial charge in [-0.25, -0.2) is 0 Å². The second-order valence-corrected chi connectivity index (χ2v) is 3.82. The van der Waals surface area contributed by atoms with E-state index in [1.165, 1.54) is 0 Å². The van der Waals surface area contributed by atoms with Gasteiger partial charge in [-0.2, -0.15) is 5.26 Å². The molecule has 0 aliphatic carbocycles. The highest BCUT2D eigenvalue weighted by Gasteiger charge is 1.95. The van der Waals surface area contributed by atoms with Gasteiger partial charge in [-0.05, 0) is 24.1 Å². The molecule has 18 heavy (non-hydrogen) atoms. The fraction of sp³-hybridized carbons (Fsp3) is 0.500. The van der Waals surface area contributed by atoms with E-state index >= 15 is 0 Å². The van der Waals surface area contributed by atoms with E-state index in [1.54, 1.807) is 19.2 Å². The normalized spacial score (nSPS) is 10.2. The van der Waals surface area contributed by atoms with Gasteiger partial charge < -0.3 is 14.2 Å². The van der Waals surface area contributed by atoms with Crippen LogP contribution in [0.25, 0.3) is 0 Å². The molecule has 0 aromatic heterocycles. The van der Waals surface area contributed by atoms with Crippen molar-refractivity contribution < 1.29 is 14.2 Å². The van der Waals surface area contributed by atoms with Crippen LogP contribution in [0.2, 0.25) is 0 Å². The first-order valence-electron chi connectivity index (χ1n) is 6.00. The van der Waals surface area contributed by atoms with E-state index < -0.39 is 0 Å². The number of hydrogen-bond acceptors (Lipinski definition) is 4. The number of hydrogen-bond donors (Lipinski definition) is 0. The Morgan fingerprint density at radius 3 is 2.39 bits per heavy atom. The maximum atomic E-state index is 8.66. The molecule has 0 bridgehead atoms. The number of nitriles is 1. The summed E-state index contributed by atoms with van der Waals surface area (Å²) in [6.45, 7) is 3.20. The maximum Gasteiger partial charge on any atom is 0.0991 e. The molecule has 0 radical (unpaired) electrons. The van der Waals surface area contributed by atoms with Gasteiger partial charge in [-0.15, -0.1) is 0 Å². The van der Waals surface area contributed by atoms with Crippen molar-refractivity contribution in [2.24, 2.45) is 0 Å². The summed E-state index contributed by atoms with van der Waals surface area (Å²) in [5.74, 6) is 0. The van der Waals surface area contributed by atoms with Gasteiger partial charge in [0.15, 0.2) is 0 Å². The highest BCUT2D eigenvalue weighted by molar-refractivity contribution is 5.31.